The third-order valence-corrected chi connectivity index (χ3v) is 2.71. The Kier molecular flexibility index (Phi) is 2.10. The normalized spacial score (nSPS) is 17.6. The number of methoxy groups -OCH3 is 1. The molecule has 0 aromatic heterocycles. The van der Waals surface area contributed by atoms with Gasteiger partial charge in [0.2, 0.25) is 0 Å². The molecule has 1 aliphatic rings. The minimum absolute atomic E-state index is 0.277. The summed E-state index contributed by atoms with van der Waals surface area (Å²) in [6.45, 7) is 4.51. The van der Waals surface area contributed by atoms with Crippen LogP contribution in [-0.2, 0) is 6.42 Å². The molecule has 1 aromatic rings. The molecule has 74 valence electrons. The zero-order chi connectivity index (χ0) is 10.2. The van der Waals surface area contributed by atoms with E-state index in [4.69, 9.17) is 4.74 Å². The summed E-state index contributed by atoms with van der Waals surface area (Å²) in [7, 11) is 1.71. The van der Waals surface area contributed by atoms with Gasteiger partial charge in [-0.2, -0.15) is 0 Å². The number of fused-ring (bicyclic) bond motifs is 1. The van der Waals surface area contributed by atoms with Gasteiger partial charge in [0.15, 0.2) is 0 Å². The Labute approximate surface area is 85.4 Å². The fourth-order valence-corrected chi connectivity index (χ4v) is 1.89. The molecule has 0 bridgehead atoms. The predicted molar refractivity (Wildman–Crippen MR) is 59.5 cm³/mol. The van der Waals surface area contributed by atoms with E-state index in [1.165, 1.54) is 11.1 Å². The van der Waals surface area contributed by atoms with Crippen LogP contribution in [0.5, 0.6) is 5.75 Å². The maximum atomic E-state index is 5.22. The van der Waals surface area contributed by atoms with Crippen molar-refractivity contribution in [3.63, 3.8) is 0 Å². The highest BCUT2D eigenvalue weighted by atomic mass is 16.5. The molecule has 1 heteroatoms. The molecule has 1 nitrogen and oxygen atoms in total. The van der Waals surface area contributed by atoms with E-state index in [1.54, 1.807) is 7.11 Å². The van der Waals surface area contributed by atoms with E-state index < -0.39 is 0 Å². The van der Waals surface area contributed by atoms with Crippen molar-refractivity contribution in [2.75, 3.05) is 7.11 Å². The second-order valence-corrected chi connectivity index (χ2v) is 4.56. The topological polar surface area (TPSA) is 9.23 Å². The van der Waals surface area contributed by atoms with E-state index in [9.17, 15) is 0 Å². The Morgan fingerprint density at radius 1 is 1.29 bits per heavy atom. The van der Waals surface area contributed by atoms with Crippen LogP contribution in [0.15, 0.2) is 24.3 Å². The van der Waals surface area contributed by atoms with Crippen LogP contribution in [0, 0.1) is 5.41 Å². The van der Waals surface area contributed by atoms with Gasteiger partial charge in [0.25, 0.3) is 0 Å². The number of ether oxygens (including phenoxy) is 1. The minimum Gasteiger partial charge on any atom is -0.497 e. The van der Waals surface area contributed by atoms with Gasteiger partial charge in [-0.1, -0.05) is 32.1 Å². The SMILES string of the molecule is COc1ccc2c(c1)CC(C)(C)C=C2. The molecule has 0 N–H and O–H groups in total. The van der Waals surface area contributed by atoms with Crippen molar-refractivity contribution in [3.05, 3.63) is 35.4 Å². The molecule has 1 aliphatic carbocycles. The highest BCUT2D eigenvalue weighted by Crippen LogP contribution is 2.33. The largest absolute Gasteiger partial charge is 0.497 e. The van der Waals surface area contributed by atoms with Crippen LogP contribution in [0.3, 0.4) is 0 Å². The number of allylic oxidation sites excluding steroid dienone is 1. The van der Waals surface area contributed by atoms with Gasteiger partial charge in [0, 0.05) is 0 Å². The van der Waals surface area contributed by atoms with Gasteiger partial charge in [-0.05, 0) is 35.1 Å². The smallest absolute Gasteiger partial charge is 0.119 e. The van der Waals surface area contributed by atoms with E-state index in [0.29, 0.717) is 0 Å². The third-order valence-electron chi connectivity index (χ3n) is 2.71. The van der Waals surface area contributed by atoms with E-state index in [2.05, 4.69) is 38.1 Å². The van der Waals surface area contributed by atoms with Crippen molar-refractivity contribution in [3.8, 4) is 5.75 Å². The lowest BCUT2D eigenvalue weighted by Gasteiger charge is -2.26. The molecule has 1 aromatic carbocycles. The van der Waals surface area contributed by atoms with Crippen molar-refractivity contribution in [2.45, 2.75) is 20.3 Å². The van der Waals surface area contributed by atoms with Gasteiger partial charge < -0.3 is 4.74 Å². The first-order valence-electron chi connectivity index (χ1n) is 4.97. The average molecular weight is 188 g/mol. The lowest BCUT2D eigenvalue weighted by molar-refractivity contribution is 0.412. The van der Waals surface area contributed by atoms with Crippen LogP contribution in [0.2, 0.25) is 0 Å². The Bertz CT molecular complexity index is 375. The molecule has 0 saturated carbocycles. The predicted octanol–water partition coefficient (Wildman–Crippen LogP) is 3.29. The van der Waals surface area contributed by atoms with Gasteiger partial charge in [-0.3, -0.25) is 0 Å². The molecule has 0 atom stereocenters. The second-order valence-electron chi connectivity index (χ2n) is 4.56. The number of hydrogen-bond acceptors (Lipinski definition) is 1. The molecule has 0 spiro atoms. The number of hydrogen-bond donors (Lipinski definition) is 0. The zero-order valence-corrected chi connectivity index (χ0v) is 9.00. The number of benzene rings is 1. The summed E-state index contributed by atoms with van der Waals surface area (Å²) < 4.78 is 5.22. The van der Waals surface area contributed by atoms with Gasteiger partial charge in [0.1, 0.15) is 5.75 Å². The van der Waals surface area contributed by atoms with Crippen molar-refractivity contribution < 1.29 is 4.74 Å². The van der Waals surface area contributed by atoms with Crippen LogP contribution in [0.25, 0.3) is 6.08 Å². The quantitative estimate of drug-likeness (QED) is 0.657. The first-order valence-corrected chi connectivity index (χ1v) is 4.97. The highest BCUT2D eigenvalue weighted by Gasteiger charge is 2.20. The van der Waals surface area contributed by atoms with Crippen LogP contribution < -0.4 is 4.74 Å². The molecule has 0 radical (unpaired) electrons. The summed E-state index contributed by atoms with van der Waals surface area (Å²) in [4.78, 5) is 0. The van der Waals surface area contributed by atoms with Crippen molar-refractivity contribution >= 4 is 6.08 Å². The fourth-order valence-electron chi connectivity index (χ4n) is 1.89. The summed E-state index contributed by atoms with van der Waals surface area (Å²) in [5, 5.41) is 0. The molecule has 0 heterocycles. The molecule has 0 unspecified atom stereocenters. The molecular formula is C13H16O. The van der Waals surface area contributed by atoms with Crippen molar-refractivity contribution in [1.29, 1.82) is 0 Å². The standard InChI is InChI=1S/C13H16O/c1-13(2)7-6-10-4-5-12(14-3)8-11(10)9-13/h4-8H,9H2,1-3H3. The van der Waals surface area contributed by atoms with Gasteiger partial charge >= 0.3 is 0 Å². The van der Waals surface area contributed by atoms with Crippen LogP contribution in [0.4, 0.5) is 0 Å². The highest BCUT2D eigenvalue weighted by molar-refractivity contribution is 5.59. The van der Waals surface area contributed by atoms with E-state index in [-0.39, 0.29) is 5.41 Å². The Hall–Kier alpha value is -1.24. The van der Waals surface area contributed by atoms with Crippen molar-refractivity contribution in [1.82, 2.24) is 0 Å². The van der Waals surface area contributed by atoms with E-state index >= 15 is 0 Å². The number of rotatable bonds is 1. The van der Waals surface area contributed by atoms with E-state index in [1.807, 2.05) is 6.07 Å². The average Bonchev–Trinajstić information content (AvgIpc) is 2.15. The summed E-state index contributed by atoms with van der Waals surface area (Å²) in [5.41, 5.74) is 2.99. The van der Waals surface area contributed by atoms with Gasteiger partial charge in [-0.15, -0.1) is 0 Å². The molecule has 0 aliphatic heterocycles. The molecule has 0 amide bonds. The van der Waals surface area contributed by atoms with Gasteiger partial charge in [0.05, 0.1) is 7.11 Å². The monoisotopic (exact) mass is 188 g/mol. The van der Waals surface area contributed by atoms with Crippen LogP contribution in [0.1, 0.15) is 25.0 Å². The Balaban J connectivity index is 2.42. The summed E-state index contributed by atoms with van der Waals surface area (Å²) in [5.74, 6) is 0.954. The Morgan fingerprint density at radius 3 is 2.79 bits per heavy atom. The first kappa shape index (κ1) is 9.32. The molecule has 0 saturated heterocycles. The molecule has 2 rings (SSSR count). The minimum atomic E-state index is 0.277. The maximum absolute atomic E-state index is 5.22. The molecular weight excluding hydrogens is 172 g/mol. The second kappa shape index (κ2) is 3.16. The maximum Gasteiger partial charge on any atom is 0.119 e. The zero-order valence-electron chi connectivity index (χ0n) is 9.00. The fraction of sp³-hybridized carbons (Fsp3) is 0.385. The van der Waals surface area contributed by atoms with Crippen molar-refractivity contribution in [2.24, 2.45) is 5.41 Å². The first-order chi connectivity index (χ1) is 6.61. The molecule has 14 heavy (non-hydrogen) atoms. The third kappa shape index (κ3) is 1.67. The lowest BCUT2D eigenvalue weighted by atomic mass is 9.79. The van der Waals surface area contributed by atoms with Gasteiger partial charge in [-0.25, -0.2) is 0 Å². The Morgan fingerprint density at radius 2 is 2.07 bits per heavy atom. The summed E-state index contributed by atoms with van der Waals surface area (Å²) >= 11 is 0. The summed E-state index contributed by atoms with van der Waals surface area (Å²) in [6, 6.07) is 6.28. The summed E-state index contributed by atoms with van der Waals surface area (Å²) in [6.07, 6.45) is 5.58. The molecule has 0 fully saturated rings. The van der Waals surface area contributed by atoms with Crippen LogP contribution in [-0.4, -0.2) is 7.11 Å². The lowest BCUT2D eigenvalue weighted by Crippen LogP contribution is -2.15. The van der Waals surface area contributed by atoms with E-state index in [0.717, 1.165) is 12.2 Å². The van der Waals surface area contributed by atoms with Crippen LogP contribution >= 0.6 is 0 Å².